The van der Waals surface area contributed by atoms with Gasteiger partial charge in [0.2, 0.25) is 6.29 Å². The maximum atomic E-state index is 10.4. The van der Waals surface area contributed by atoms with Crippen molar-refractivity contribution in [2.45, 2.75) is 25.2 Å². The van der Waals surface area contributed by atoms with Crippen molar-refractivity contribution in [2.24, 2.45) is 0 Å². The molecule has 1 aromatic rings. The summed E-state index contributed by atoms with van der Waals surface area (Å²) >= 11 is 0. The van der Waals surface area contributed by atoms with Crippen molar-refractivity contribution in [3.05, 3.63) is 24.2 Å². The van der Waals surface area contributed by atoms with Gasteiger partial charge in [-0.25, -0.2) is 0 Å². The third-order valence-corrected chi connectivity index (χ3v) is 2.21. The van der Waals surface area contributed by atoms with Crippen LogP contribution in [0, 0.1) is 0 Å². The lowest BCUT2D eigenvalue weighted by atomic mass is 10.2. The van der Waals surface area contributed by atoms with Crippen LogP contribution in [0.4, 0.5) is 0 Å². The van der Waals surface area contributed by atoms with Gasteiger partial charge in [0.25, 0.3) is 0 Å². The van der Waals surface area contributed by atoms with Gasteiger partial charge in [-0.05, 0) is 18.6 Å². The normalized spacial score (nSPS) is 25.6. The molecule has 0 amide bonds. The molecule has 0 spiro atoms. The van der Waals surface area contributed by atoms with Gasteiger partial charge in [-0.1, -0.05) is 0 Å². The summed E-state index contributed by atoms with van der Waals surface area (Å²) in [6, 6.07) is 3.52. The van der Waals surface area contributed by atoms with Crippen molar-refractivity contribution in [3.63, 3.8) is 0 Å². The Kier molecular flexibility index (Phi) is 3.03. The Balaban J connectivity index is 1.82. The average Bonchev–Trinajstić information content (AvgIpc) is 2.85. The molecule has 2 rings (SSSR count). The minimum Gasteiger partial charge on any atom is -0.481 e. The minimum atomic E-state index is -0.819. The molecule has 0 aliphatic carbocycles. The smallest absolute Gasteiger partial charge is 0.303 e. The highest BCUT2D eigenvalue weighted by atomic mass is 16.7. The van der Waals surface area contributed by atoms with Crippen LogP contribution in [0.5, 0.6) is 0 Å². The van der Waals surface area contributed by atoms with Crippen LogP contribution in [0.2, 0.25) is 0 Å². The first-order valence-corrected chi connectivity index (χ1v) is 4.78. The monoisotopic (exact) mass is 212 g/mol. The molecule has 0 radical (unpaired) electrons. The van der Waals surface area contributed by atoms with Gasteiger partial charge in [0.05, 0.1) is 19.0 Å². The lowest BCUT2D eigenvalue weighted by Gasteiger charge is -2.07. The fraction of sp³-hybridized carbons (Fsp3) is 0.500. The van der Waals surface area contributed by atoms with E-state index >= 15 is 0 Å². The standard InChI is InChI=1S/C10H12O5/c11-9(12)4-3-7-6-14-10(15-7)8-2-1-5-13-8/h1-2,5,7,10H,3-4,6H2,(H,11,12). The quantitative estimate of drug-likeness (QED) is 0.820. The van der Waals surface area contributed by atoms with E-state index < -0.39 is 12.3 Å². The Morgan fingerprint density at radius 1 is 1.60 bits per heavy atom. The van der Waals surface area contributed by atoms with Gasteiger partial charge >= 0.3 is 5.97 Å². The molecule has 1 aromatic heterocycles. The van der Waals surface area contributed by atoms with E-state index in [0.717, 1.165) is 0 Å². The number of ether oxygens (including phenoxy) is 2. The molecule has 1 saturated heterocycles. The SMILES string of the molecule is O=C(O)CCC1COC(c2ccco2)O1. The molecule has 1 N–H and O–H groups in total. The van der Waals surface area contributed by atoms with Crippen LogP contribution in [0.15, 0.2) is 22.8 Å². The van der Waals surface area contributed by atoms with Gasteiger partial charge in [-0.3, -0.25) is 4.79 Å². The zero-order valence-corrected chi connectivity index (χ0v) is 8.09. The zero-order valence-electron chi connectivity index (χ0n) is 8.09. The molecule has 0 aromatic carbocycles. The van der Waals surface area contributed by atoms with Crippen molar-refractivity contribution in [1.82, 2.24) is 0 Å². The highest BCUT2D eigenvalue weighted by Gasteiger charge is 2.29. The Morgan fingerprint density at radius 3 is 3.13 bits per heavy atom. The van der Waals surface area contributed by atoms with Crippen LogP contribution < -0.4 is 0 Å². The molecule has 2 atom stereocenters. The average molecular weight is 212 g/mol. The first kappa shape index (κ1) is 10.2. The first-order valence-electron chi connectivity index (χ1n) is 4.78. The highest BCUT2D eigenvalue weighted by Crippen LogP contribution is 2.28. The van der Waals surface area contributed by atoms with Crippen LogP contribution in [-0.4, -0.2) is 23.8 Å². The topological polar surface area (TPSA) is 68.9 Å². The molecule has 2 heterocycles. The number of rotatable bonds is 4. The Labute approximate surface area is 86.6 Å². The second-order valence-corrected chi connectivity index (χ2v) is 3.37. The summed E-state index contributed by atoms with van der Waals surface area (Å²) in [6.07, 6.45) is 1.47. The van der Waals surface area contributed by atoms with Crippen LogP contribution >= 0.6 is 0 Å². The maximum absolute atomic E-state index is 10.4. The highest BCUT2D eigenvalue weighted by molar-refractivity contribution is 5.66. The van der Waals surface area contributed by atoms with Crippen molar-refractivity contribution >= 4 is 5.97 Å². The van der Waals surface area contributed by atoms with Gasteiger partial charge < -0.3 is 19.0 Å². The van der Waals surface area contributed by atoms with Gasteiger partial charge in [-0.15, -0.1) is 0 Å². The maximum Gasteiger partial charge on any atom is 0.303 e. The summed E-state index contributed by atoms with van der Waals surface area (Å²) < 4.78 is 15.9. The number of hydrogen-bond acceptors (Lipinski definition) is 4. The zero-order chi connectivity index (χ0) is 10.7. The predicted octanol–water partition coefficient (Wildman–Crippen LogP) is 1.56. The van der Waals surface area contributed by atoms with E-state index in [2.05, 4.69) is 0 Å². The van der Waals surface area contributed by atoms with Crippen LogP contribution in [0.1, 0.15) is 24.9 Å². The van der Waals surface area contributed by atoms with Crippen molar-refractivity contribution in [2.75, 3.05) is 6.61 Å². The van der Waals surface area contributed by atoms with Gasteiger partial charge in [-0.2, -0.15) is 0 Å². The van der Waals surface area contributed by atoms with E-state index in [1.54, 1.807) is 18.4 Å². The summed E-state index contributed by atoms with van der Waals surface area (Å²) in [5.41, 5.74) is 0. The minimum absolute atomic E-state index is 0.0961. The summed E-state index contributed by atoms with van der Waals surface area (Å²) in [4.78, 5) is 10.4. The van der Waals surface area contributed by atoms with E-state index in [9.17, 15) is 4.79 Å². The Bertz CT molecular complexity index is 319. The first-order chi connectivity index (χ1) is 7.25. The number of aliphatic carboxylic acids is 1. The largest absolute Gasteiger partial charge is 0.481 e. The summed E-state index contributed by atoms with van der Waals surface area (Å²) in [7, 11) is 0. The van der Waals surface area contributed by atoms with E-state index in [0.29, 0.717) is 18.8 Å². The molecule has 5 heteroatoms. The third kappa shape index (κ3) is 2.57. The van der Waals surface area contributed by atoms with Crippen molar-refractivity contribution < 1.29 is 23.8 Å². The molecule has 1 fully saturated rings. The number of carboxylic acids is 1. The van der Waals surface area contributed by atoms with E-state index in [1.165, 1.54) is 0 Å². The Hall–Kier alpha value is -1.33. The number of furan rings is 1. The van der Waals surface area contributed by atoms with Gasteiger partial charge in [0.1, 0.15) is 0 Å². The molecule has 2 unspecified atom stereocenters. The fourth-order valence-electron chi connectivity index (χ4n) is 1.46. The predicted molar refractivity (Wildman–Crippen MR) is 49.1 cm³/mol. The number of carboxylic acid groups (broad SMARTS) is 1. The molecule has 5 nitrogen and oxygen atoms in total. The van der Waals surface area contributed by atoms with Crippen LogP contribution in [-0.2, 0) is 14.3 Å². The van der Waals surface area contributed by atoms with Gasteiger partial charge in [0, 0.05) is 6.42 Å². The summed E-state index contributed by atoms with van der Waals surface area (Å²) in [5, 5.41) is 8.51. The fourth-order valence-corrected chi connectivity index (χ4v) is 1.46. The summed E-state index contributed by atoms with van der Waals surface area (Å²) in [6.45, 7) is 0.415. The lowest BCUT2D eigenvalue weighted by molar-refractivity contribution is -0.138. The second-order valence-electron chi connectivity index (χ2n) is 3.37. The molecule has 0 bridgehead atoms. The molecule has 82 valence electrons. The Morgan fingerprint density at radius 2 is 2.47 bits per heavy atom. The van der Waals surface area contributed by atoms with E-state index in [-0.39, 0.29) is 12.5 Å². The molecule has 15 heavy (non-hydrogen) atoms. The number of hydrogen-bond donors (Lipinski definition) is 1. The lowest BCUT2D eigenvalue weighted by Crippen LogP contribution is -2.11. The van der Waals surface area contributed by atoms with Crippen molar-refractivity contribution in [1.29, 1.82) is 0 Å². The van der Waals surface area contributed by atoms with Crippen LogP contribution in [0.3, 0.4) is 0 Å². The molecule has 1 aliphatic rings. The van der Waals surface area contributed by atoms with Crippen LogP contribution in [0.25, 0.3) is 0 Å². The molecule has 0 saturated carbocycles. The van der Waals surface area contributed by atoms with Crippen molar-refractivity contribution in [3.8, 4) is 0 Å². The van der Waals surface area contributed by atoms with E-state index in [1.807, 2.05) is 0 Å². The van der Waals surface area contributed by atoms with Gasteiger partial charge in [0.15, 0.2) is 5.76 Å². The third-order valence-electron chi connectivity index (χ3n) is 2.21. The van der Waals surface area contributed by atoms with E-state index in [4.69, 9.17) is 19.0 Å². The molecule has 1 aliphatic heterocycles. The molecular formula is C10H12O5. The molecular weight excluding hydrogens is 200 g/mol. The number of carbonyl (C=O) groups is 1. The second kappa shape index (κ2) is 4.46. The summed E-state index contributed by atoms with van der Waals surface area (Å²) in [5.74, 6) is -0.201.